The second-order valence-corrected chi connectivity index (χ2v) is 5.72. The number of pyridine rings is 1. The Labute approximate surface area is 149 Å². The van der Waals surface area contributed by atoms with Crippen LogP contribution in [0.3, 0.4) is 0 Å². The molecule has 3 rings (SSSR count). The molecule has 126 valence electrons. The van der Waals surface area contributed by atoms with Crippen LogP contribution in [0.4, 0.5) is 15.9 Å². The lowest BCUT2D eigenvalue weighted by atomic mass is 10.2. The van der Waals surface area contributed by atoms with Gasteiger partial charge in [0, 0.05) is 23.9 Å². The summed E-state index contributed by atoms with van der Waals surface area (Å²) in [6.45, 7) is 0.112. The van der Waals surface area contributed by atoms with Gasteiger partial charge in [-0.05, 0) is 30.3 Å². The summed E-state index contributed by atoms with van der Waals surface area (Å²) in [6.07, 6.45) is 1.52. The average molecular weight is 356 g/mol. The first-order valence-corrected chi connectivity index (χ1v) is 8.00. The third-order valence-electron chi connectivity index (χ3n) is 3.56. The number of aromatic nitrogens is 1. The van der Waals surface area contributed by atoms with E-state index in [1.807, 2.05) is 18.2 Å². The van der Waals surface area contributed by atoms with Crippen LogP contribution < -0.4 is 10.6 Å². The van der Waals surface area contributed by atoms with E-state index >= 15 is 0 Å². The molecular formula is C19H15ClFN3O. The zero-order valence-corrected chi connectivity index (χ0v) is 13.9. The van der Waals surface area contributed by atoms with Gasteiger partial charge in [0.2, 0.25) is 0 Å². The monoisotopic (exact) mass is 355 g/mol. The second-order valence-electron chi connectivity index (χ2n) is 5.31. The zero-order chi connectivity index (χ0) is 17.6. The molecule has 25 heavy (non-hydrogen) atoms. The lowest BCUT2D eigenvalue weighted by molar-refractivity contribution is 0.0950. The van der Waals surface area contributed by atoms with Gasteiger partial charge in [0.05, 0.1) is 10.7 Å². The smallest absolute Gasteiger partial charge is 0.251 e. The Morgan fingerprint density at radius 2 is 1.84 bits per heavy atom. The average Bonchev–Trinajstić information content (AvgIpc) is 2.63. The molecule has 3 aromatic rings. The molecule has 4 nitrogen and oxygen atoms in total. The minimum atomic E-state index is -0.349. The highest BCUT2D eigenvalue weighted by Gasteiger charge is 2.09. The number of halogens is 2. The molecule has 0 atom stereocenters. The molecule has 0 saturated carbocycles. The number of benzene rings is 2. The fraction of sp³-hybridized carbons (Fsp3) is 0.0526. The van der Waals surface area contributed by atoms with Gasteiger partial charge in [0.15, 0.2) is 0 Å². The van der Waals surface area contributed by atoms with E-state index < -0.39 is 0 Å². The van der Waals surface area contributed by atoms with Crippen LogP contribution in [0.5, 0.6) is 0 Å². The van der Waals surface area contributed by atoms with E-state index in [0.29, 0.717) is 27.7 Å². The van der Waals surface area contributed by atoms with Gasteiger partial charge >= 0.3 is 0 Å². The van der Waals surface area contributed by atoms with Crippen molar-refractivity contribution in [2.45, 2.75) is 6.54 Å². The minimum Gasteiger partial charge on any atom is -0.348 e. The van der Waals surface area contributed by atoms with Crippen molar-refractivity contribution in [1.82, 2.24) is 10.3 Å². The normalized spacial score (nSPS) is 10.3. The Morgan fingerprint density at radius 3 is 2.64 bits per heavy atom. The van der Waals surface area contributed by atoms with Crippen LogP contribution in [0.15, 0.2) is 66.9 Å². The van der Waals surface area contributed by atoms with Gasteiger partial charge in [-0.15, -0.1) is 0 Å². The fourth-order valence-electron chi connectivity index (χ4n) is 2.26. The number of hydrogen-bond acceptors (Lipinski definition) is 3. The van der Waals surface area contributed by atoms with Gasteiger partial charge in [0.25, 0.3) is 5.91 Å². The number of rotatable bonds is 5. The van der Waals surface area contributed by atoms with E-state index in [2.05, 4.69) is 15.6 Å². The van der Waals surface area contributed by atoms with Crippen molar-refractivity contribution in [1.29, 1.82) is 0 Å². The van der Waals surface area contributed by atoms with Crippen LogP contribution in [0.1, 0.15) is 15.9 Å². The van der Waals surface area contributed by atoms with E-state index in [9.17, 15) is 9.18 Å². The van der Waals surface area contributed by atoms with Crippen LogP contribution in [0.25, 0.3) is 0 Å². The number of nitrogens with zero attached hydrogens (tertiary/aromatic N) is 1. The van der Waals surface area contributed by atoms with Crippen molar-refractivity contribution < 1.29 is 9.18 Å². The highest BCUT2D eigenvalue weighted by atomic mass is 35.5. The topological polar surface area (TPSA) is 54.0 Å². The Morgan fingerprint density at radius 1 is 1.08 bits per heavy atom. The molecule has 0 aliphatic carbocycles. The molecule has 1 aromatic heterocycles. The van der Waals surface area contributed by atoms with Gasteiger partial charge in [-0.3, -0.25) is 4.79 Å². The summed E-state index contributed by atoms with van der Waals surface area (Å²) < 4.78 is 13.6. The van der Waals surface area contributed by atoms with Crippen molar-refractivity contribution in [2.75, 3.05) is 5.32 Å². The van der Waals surface area contributed by atoms with Crippen molar-refractivity contribution in [3.63, 3.8) is 0 Å². The largest absolute Gasteiger partial charge is 0.348 e. The summed E-state index contributed by atoms with van der Waals surface area (Å²) in [5, 5.41) is 6.32. The number of anilines is 2. The van der Waals surface area contributed by atoms with Crippen LogP contribution in [-0.4, -0.2) is 10.9 Å². The fourth-order valence-corrected chi connectivity index (χ4v) is 2.44. The van der Waals surface area contributed by atoms with Crippen LogP contribution in [-0.2, 0) is 6.54 Å². The van der Waals surface area contributed by atoms with Gasteiger partial charge in [0.1, 0.15) is 11.6 Å². The van der Waals surface area contributed by atoms with Crippen LogP contribution in [0.2, 0.25) is 5.02 Å². The van der Waals surface area contributed by atoms with Crippen molar-refractivity contribution >= 4 is 29.0 Å². The molecule has 0 radical (unpaired) electrons. The first-order valence-electron chi connectivity index (χ1n) is 7.63. The lowest BCUT2D eigenvalue weighted by Crippen LogP contribution is -2.23. The summed E-state index contributed by atoms with van der Waals surface area (Å²) >= 11 is 6.10. The molecule has 1 heterocycles. The SMILES string of the molecule is O=C(NCc1ccccc1F)c1ccnc(Nc2ccccc2Cl)c1. The molecule has 0 spiro atoms. The number of carbonyl (C=O) groups is 1. The molecule has 0 aliphatic heterocycles. The third kappa shape index (κ3) is 4.33. The highest BCUT2D eigenvalue weighted by Crippen LogP contribution is 2.24. The molecule has 0 unspecified atom stereocenters. The molecular weight excluding hydrogens is 341 g/mol. The second kappa shape index (κ2) is 7.77. The Balaban J connectivity index is 1.69. The maximum absolute atomic E-state index is 13.6. The van der Waals surface area contributed by atoms with Crippen molar-refractivity contribution in [2.24, 2.45) is 0 Å². The molecule has 0 saturated heterocycles. The van der Waals surface area contributed by atoms with Crippen LogP contribution in [0, 0.1) is 5.82 Å². The predicted octanol–water partition coefficient (Wildman–Crippen LogP) is 4.55. The quantitative estimate of drug-likeness (QED) is 0.706. The minimum absolute atomic E-state index is 0.112. The van der Waals surface area contributed by atoms with E-state index in [0.717, 1.165) is 0 Å². The Hall–Kier alpha value is -2.92. The van der Waals surface area contributed by atoms with Gasteiger partial charge < -0.3 is 10.6 Å². The van der Waals surface area contributed by atoms with Gasteiger partial charge in [-0.1, -0.05) is 41.9 Å². The van der Waals surface area contributed by atoms with E-state index in [1.54, 1.807) is 36.4 Å². The zero-order valence-electron chi connectivity index (χ0n) is 13.2. The number of carbonyl (C=O) groups excluding carboxylic acids is 1. The standard InChI is InChI=1S/C19H15ClFN3O/c20-15-6-2-4-8-17(15)24-18-11-13(9-10-22-18)19(25)23-12-14-5-1-3-7-16(14)21/h1-11H,12H2,(H,22,24)(H,23,25). The summed E-state index contributed by atoms with van der Waals surface area (Å²) in [6, 6.07) is 16.8. The van der Waals surface area contributed by atoms with E-state index in [1.165, 1.54) is 12.3 Å². The highest BCUT2D eigenvalue weighted by molar-refractivity contribution is 6.33. The summed E-state index contributed by atoms with van der Waals surface area (Å²) in [5.74, 6) is -0.168. The van der Waals surface area contributed by atoms with Crippen LogP contribution >= 0.6 is 11.6 Å². The van der Waals surface area contributed by atoms with E-state index in [4.69, 9.17) is 11.6 Å². The summed E-state index contributed by atoms with van der Waals surface area (Å²) in [5.41, 5.74) is 1.54. The lowest BCUT2D eigenvalue weighted by Gasteiger charge is -2.09. The summed E-state index contributed by atoms with van der Waals surface area (Å²) in [4.78, 5) is 16.5. The first kappa shape index (κ1) is 16.9. The van der Waals surface area contributed by atoms with Gasteiger partial charge in [-0.2, -0.15) is 0 Å². The number of para-hydroxylation sites is 1. The van der Waals surface area contributed by atoms with E-state index in [-0.39, 0.29) is 18.3 Å². The first-order chi connectivity index (χ1) is 12.1. The maximum Gasteiger partial charge on any atom is 0.251 e. The maximum atomic E-state index is 13.6. The Bertz CT molecular complexity index is 901. The number of amides is 1. The third-order valence-corrected chi connectivity index (χ3v) is 3.89. The predicted molar refractivity (Wildman–Crippen MR) is 96.5 cm³/mol. The number of hydrogen-bond donors (Lipinski definition) is 2. The summed E-state index contributed by atoms with van der Waals surface area (Å²) in [7, 11) is 0. The molecule has 6 heteroatoms. The number of nitrogens with one attached hydrogen (secondary N) is 2. The van der Waals surface area contributed by atoms with Gasteiger partial charge in [-0.25, -0.2) is 9.37 Å². The molecule has 1 amide bonds. The molecule has 2 N–H and O–H groups in total. The molecule has 0 bridgehead atoms. The molecule has 0 fully saturated rings. The Kier molecular flexibility index (Phi) is 5.26. The molecule has 0 aliphatic rings. The van der Waals surface area contributed by atoms with Crippen molar-refractivity contribution in [3.05, 3.63) is 88.8 Å². The molecule has 2 aromatic carbocycles. The van der Waals surface area contributed by atoms with Crippen molar-refractivity contribution in [3.8, 4) is 0 Å².